The minimum absolute atomic E-state index is 0.134. The topological polar surface area (TPSA) is 195 Å². The fourth-order valence-corrected chi connectivity index (χ4v) is 12.2. The number of hydrogen-bond acceptors (Lipinski definition) is 16. The number of aliphatic hydroxyl groups excluding tert-OH is 1. The summed E-state index contributed by atoms with van der Waals surface area (Å²) in [6, 6.07) is 12.6. The highest BCUT2D eigenvalue weighted by atomic mass is 32.1. The number of carbonyl (C=O) groups is 5. The molecule has 2 amide bonds. The molecular formula is C48H63N5O11S2. The quantitative estimate of drug-likeness (QED) is 0.137. The number of carbonyl (C=O) groups excluding carboxylic acids is 5. The van der Waals surface area contributed by atoms with E-state index in [2.05, 4.69) is 16.4 Å². The number of cyclic esters (lactones) is 1. The Hall–Kier alpha value is -4.59. The Morgan fingerprint density at radius 2 is 1.65 bits per heavy atom. The smallest absolute Gasteiger partial charge is 0.411 e. The van der Waals surface area contributed by atoms with Gasteiger partial charge in [-0.1, -0.05) is 33.8 Å². The van der Waals surface area contributed by atoms with Gasteiger partial charge in [0.1, 0.15) is 35.6 Å². The molecule has 4 aliphatic heterocycles. The number of likely N-dealkylation sites (N-methyl/N-ethyl adjacent to an activating group) is 1. The fourth-order valence-electron chi connectivity index (χ4n) is 10.2. The molecule has 0 spiro atoms. The number of thiophene rings is 2. The van der Waals surface area contributed by atoms with Gasteiger partial charge in [0.2, 0.25) is 0 Å². The molecule has 358 valence electrons. The molecule has 0 saturated carbocycles. The van der Waals surface area contributed by atoms with E-state index in [1.54, 1.807) is 70.4 Å². The summed E-state index contributed by atoms with van der Waals surface area (Å²) in [5, 5.41) is 14.5. The lowest BCUT2D eigenvalue weighted by Crippen LogP contribution is -2.60. The molecule has 2 bridgehead atoms. The number of nitrogens with zero attached hydrogens (tertiary/aromatic N) is 4. The van der Waals surface area contributed by atoms with Gasteiger partial charge in [0, 0.05) is 44.6 Å². The van der Waals surface area contributed by atoms with Crippen molar-refractivity contribution in [2.75, 3.05) is 27.2 Å². The van der Waals surface area contributed by atoms with Crippen LogP contribution < -0.4 is 5.32 Å². The molecule has 66 heavy (non-hydrogen) atoms. The van der Waals surface area contributed by atoms with Gasteiger partial charge >= 0.3 is 18.2 Å². The number of ether oxygens (including phenoxy) is 5. The molecule has 7 rings (SSSR count). The average Bonchev–Trinajstić information content (AvgIpc) is 4.03. The Labute approximate surface area is 394 Å². The molecule has 16 nitrogen and oxygen atoms in total. The summed E-state index contributed by atoms with van der Waals surface area (Å²) in [6.45, 7) is 13.2. The van der Waals surface area contributed by atoms with E-state index in [0.29, 0.717) is 12.1 Å². The summed E-state index contributed by atoms with van der Waals surface area (Å²) in [6.07, 6.45) is -4.55. The van der Waals surface area contributed by atoms with Crippen molar-refractivity contribution < 1.29 is 52.8 Å². The Morgan fingerprint density at radius 1 is 0.939 bits per heavy atom. The zero-order chi connectivity index (χ0) is 47.8. The highest BCUT2D eigenvalue weighted by molar-refractivity contribution is 7.23. The predicted octanol–water partition coefficient (Wildman–Crippen LogP) is 6.78. The van der Waals surface area contributed by atoms with Crippen LogP contribution in [0, 0.1) is 23.7 Å². The lowest BCUT2D eigenvalue weighted by atomic mass is 9.73. The van der Waals surface area contributed by atoms with Crippen LogP contribution in [0.2, 0.25) is 0 Å². The van der Waals surface area contributed by atoms with Gasteiger partial charge in [-0.05, 0) is 97.5 Å². The van der Waals surface area contributed by atoms with E-state index in [4.69, 9.17) is 28.7 Å². The van der Waals surface area contributed by atoms with E-state index in [1.807, 2.05) is 62.3 Å². The van der Waals surface area contributed by atoms with Crippen molar-refractivity contribution in [2.24, 2.45) is 28.7 Å². The molecular weight excluding hydrogens is 887 g/mol. The van der Waals surface area contributed by atoms with Crippen LogP contribution in [-0.2, 0) is 44.6 Å². The van der Waals surface area contributed by atoms with Crippen molar-refractivity contribution in [2.45, 2.75) is 135 Å². The highest BCUT2D eigenvalue weighted by Crippen LogP contribution is 2.44. The molecule has 7 heterocycles. The van der Waals surface area contributed by atoms with Gasteiger partial charge in [-0.2, -0.15) is 0 Å². The van der Waals surface area contributed by atoms with E-state index >= 15 is 0 Å². The molecule has 3 aromatic heterocycles. The van der Waals surface area contributed by atoms with Crippen molar-refractivity contribution in [1.29, 1.82) is 0 Å². The lowest BCUT2D eigenvalue weighted by molar-refractivity contribution is -0.292. The maximum absolute atomic E-state index is 14.9. The molecule has 4 saturated heterocycles. The Bertz CT molecular complexity index is 2300. The number of pyridine rings is 1. The van der Waals surface area contributed by atoms with Crippen molar-refractivity contribution in [3.8, 4) is 20.3 Å². The monoisotopic (exact) mass is 949 g/mol. The van der Waals surface area contributed by atoms with Crippen molar-refractivity contribution >= 4 is 58.1 Å². The van der Waals surface area contributed by atoms with Gasteiger partial charge in [0.25, 0.3) is 0 Å². The standard InChI is InChI=1S/C48H63N5O11S2/c1-11-37-48(8)41-27(4)38(54)25(2)21-47(7,42(28(5)39(55)29(6)43(57)61-37)62-44-40(56)33(52(9)10)20-26(3)60-44)63-45(58)51-22-30(24-53(41)46(59)64-48)50-23-31-15-16-35(65-31)36-18-17-34(66-36)32-14-12-13-19-49-32/h12-19,25-29,33,37,40-42,44,56H,11,20-24H2,1-10H3,(H,51,58)/t25-,26-,27+,28+,29-,33+,37-,40-,41+,42-,44+,47-,48-/m1/s1. The van der Waals surface area contributed by atoms with E-state index < -0.39 is 89.5 Å². The maximum Gasteiger partial charge on any atom is 0.411 e. The van der Waals surface area contributed by atoms with Gasteiger partial charge in [0.15, 0.2) is 17.7 Å². The molecule has 0 radical (unpaired) electrons. The van der Waals surface area contributed by atoms with E-state index in [0.717, 1.165) is 25.2 Å². The van der Waals surface area contributed by atoms with Crippen molar-refractivity contribution in [3.05, 3.63) is 53.5 Å². The van der Waals surface area contributed by atoms with Gasteiger partial charge < -0.3 is 39.0 Å². The van der Waals surface area contributed by atoms with Gasteiger partial charge in [-0.25, -0.2) is 9.59 Å². The van der Waals surface area contributed by atoms with Crippen LogP contribution in [0.5, 0.6) is 0 Å². The molecule has 2 N–H and O–H groups in total. The summed E-state index contributed by atoms with van der Waals surface area (Å²) in [4.78, 5) is 88.9. The predicted molar refractivity (Wildman–Crippen MR) is 249 cm³/mol. The highest BCUT2D eigenvalue weighted by Gasteiger charge is 2.61. The number of aliphatic hydroxyl groups is 1. The fraction of sp³-hybridized carbons (Fsp3) is 0.604. The second-order valence-corrected chi connectivity index (χ2v) is 21.1. The largest absolute Gasteiger partial charge is 0.458 e. The molecule has 4 aliphatic rings. The number of esters is 1. The third-order valence-electron chi connectivity index (χ3n) is 13.7. The number of aromatic nitrogens is 1. The summed E-state index contributed by atoms with van der Waals surface area (Å²) in [7, 11) is 3.67. The average molecular weight is 950 g/mol. The number of hydrogen-bond donors (Lipinski definition) is 2. The first-order valence-electron chi connectivity index (χ1n) is 22.8. The van der Waals surface area contributed by atoms with E-state index in [-0.39, 0.29) is 50.4 Å². The van der Waals surface area contributed by atoms with Crippen LogP contribution in [0.25, 0.3) is 20.3 Å². The zero-order valence-electron chi connectivity index (χ0n) is 39.3. The number of aliphatic imine (C=N–C) groups is 1. The first-order chi connectivity index (χ1) is 31.2. The second kappa shape index (κ2) is 19.9. The molecule has 13 atom stereocenters. The maximum atomic E-state index is 14.9. The van der Waals surface area contributed by atoms with Crippen molar-refractivity contribution in [3.63, 3.8) is 0 Å². The molecule has 0 aromatic carbocycles. The first-order valence-corrected chi connectivity index (χ1v) is 24.4. The SMILES string of the molecule is CC[C@H]1OC(=O)[C@H](C)C(=O)[C@H](C)[C@@H](O[C@@H]2O[C@H](C)C[C@H](N(C)C)[C@H]2O)[C@@]2(C)C[C@@H](C)C(=O)[C@H](C)[C@@H]3N(CC(=NCc4ccc(-c5ccc(-c6ccccn6)s5)s4)CNC(=O)O2)C(=O)O[C@@]31C. The Balaban J connectivity index is 1.29. The van der Waals surface area contributed by atoms with Crippen LogP contribution >= 0.6 is 22.7 Å². The number of amides is 2. The third-order valence-corrected chi connectivity index (χ3v) is 16.1. The number of Topliss-reactive ketones (excluding diaryl/α,β-unsaturated/α-hetero) is 2. The number of alkyl carbamates (subject to hydrolysis) is 1. The molecule has 3 aromatic rings. The molecule has 0 aliphatic carbocycles. The summed E-state index contributed by atoms with van der Waals surface area (Å²) < 4.78 is 31.6. The van der Waals surface area contributed by atoms with Gasteiger partial charge in [0.05, 0.1) is 48.1 Å². The summed E-state index contributed by atoms with van der Waals surface area (Å²) in [5.74, 6) is -5.97. The van der Waals surface area contributed by atoms with Crippen molar-refractivity contribution in [1.82, 2.24) is 20.1 Å². The Kier molecular flexibility index (Phi) is 14.9. The zero-order valence-corrected chi connectivity index (χ0v) is 41.0. The van der Waals surface area contributed by atoms with E-state index in [9.17, 15) is 29.1 Å². The van der Waals surface area contributed by atoms with Crippen LogP contribution in [0.4, 0.5) is 9.59 Å². The minimum atomic E-state index is -1.74. The van der Waals surface area contributed by atoms with Crippen LogP contribution in [0.3, 0.4) is 0 Å². The van der Waals surface area contributed by atoms with Crippen LogP contribution in [0.15, 0.2) is 53.7 Å². The first kappa shape index (κ1) is 49.3. The normalized spacial score (nSPS) is 35.5. The molecule has 0 unspecified atom stereocenters. The lowest BCUT2D eigenvalue weighted by Gasteiger charge is -2.47. The van der Waals surface area contributed by atoms with E-state index in [1.165, 1.54) is 11.8 Å². The molecule has 18 heteroatoms. The van der Waals surface area contributed by atoms with Crippen LogP contribution in [0.1, 0.15) is 79.5 Å². The summed E-state index contributed by atoms with van der Waals surface area (Å²) in [5.41, 5.74) is -2.01. The van der Waals surface area contributed by atoms with Gasteiger partial charge in [-0.15, -0.1) is 22.7 Å². The summed E-state index contributed by atoms with van der Waals surface area (Å²) >= 11 is 3.21. The number of rotatable bonds is 8. The minimum Gasteiger partial charge on any atom is -0.458 e. The Morgan fingerprint density at radius 3 is 2.35 bits per heavy atom. The molecule has 4 fully saturated rings. The van der Waals surface area contributed by atoms with Gasteiger partial charge in [-0.3, -0.25) is 29.3 Å². The number of nitrogens with one attached hydrogen (secondary N) is 1. The third kappa shape index (κ3) is 9.99. The second-order valence-electron chi connectivity index (χ2n) is 18.9. The van der Waals surface area contributed by atoms with Crippen LogP contribution in [-0.4, -0.2) is 137 Å². The number of fused-ring (bicyclic) bond motifs is 4. The number of ketones is 2.